The van der Waals surface area contributed by atoms with E-state index in [1.807, 2.05) is 18.0 Å². The Labute approximate surface area is 149 Å². The molecule has 1 saturated heterocycles. The fourth-order valence-electron chi connectivity index (χ4n) is 3.71. The fraction of sp³-hybridized carbons (Fsp3) is 0.450. The average molecular weight is 341 g/mol. The quantitative estimate of drug-likeness (QED) is 0.908. The van der Waals surface area contributed by atoms with Crippen LogP contribution in [0, 0.1) is 5.92 Å². The summed E-state index contributed by atoms with van der Waals surface area (Å²) in [6.07, 6.45) is 0.973. The molecule has 5 heteroatoms. The summed E-state index contributed by atoms with van der Waals surface area (Å²) in [6.45, 7) is 5.48. The molecule has 1 amide bonds. The van der Waals surface area contributed by atoms with Crippen molar-refractivity contribution in [2.45, 2.75) is 32.5 Å². The third kappa shape index (κ3) is 4.11. The second kappa shape index (κ2) is 7.85. The molecule has 1 fully saturated rings. The Hall–Kier alpha value is -2.11. The molecule has 3 rings (SSSR count). The van der Waals surface area contributed by atoms with Crippen molar-refractivity contribution < 1.29 is 9.21 Å². The molecule has 0 saturated carbocycles. The lowest BCUT2D eigenvalue weighted by Gasteiger charge is -2.41. The molecule has 2 atom stereocenters. The van der Waals surface area contributed by atoms with E-state index in [1.54, 1.807) is 12.1 Å². The number of hydrogen-bond acceptors (Lipinski definition) is 4. The normalized spacial score (nSPS) is 21.2. The van der Waals surface area contributed by atoms with E-state index in [-0.39, 0.29) is 11.9 Å². The number of piperidine rings is 1. The fourth-order valence-corrected chi connectivity index (χ4v) is 3.71. The van der Waals surface area contributed by atoms with Crippen molar-refractivity contribution in [3.05, 3.63) is 59.5 Å². The van der Waals surface area contributed by atoms with Gasteiger partial charge < -0.3 is 15.1 Å². The Morgan fingerprint density at radius 3 is 2.68 bits per heavy atom. The second-order valence-electron chi connectivity index (χ2n) is 6.94. The highest BCUT2D eigenvalue weighted by atomic mass is 16.4. The first kappa shape index (κ1) is 17.7. The lowest BCUT2D eigenvalue weighted by molar-refractivity contribution is 0.0470. The van der Waals surface area contributed by atoms with Gasteiger partial charge in [0.05, 0.1) is 6.54 Å². The molecular weight excluding hydrogens is 314 g/mol. The zero-order valence-corrected chi connectivity index (χ0v) is 15.0. The van der Waals surface area contributed by atoms with Gasteiger partial charge in [-0.05, 0) is 30.0 Å². The van der Waals surface area contributed by atoms with Crippen LogP contribution in [0.4, 0.5) is 0 Å². The Morgan fingerprint density at radius 1 is 1.28 bits per heavy atom. The molecule has 1 aliphatic heterocycles. The van der Waals surface area contributed by atoms with Crippen LogP contribution in [0.5, 0.6) is 0 Å². The number of benzene rings is 1. The zero-order chi connectivity index (χ0) is 17.8. The van der Waals surface area contributed by atoms with E-state index in [0.717, 1.165) is 26.1 Å². The number of furan rings is 1. The second-order valence-corrected chi connectivity index (χ2v) is 6.94. The highest BCUT2D eigenvalue weighted by Crippen LogP contribution is 2.24. The lowest BCUT2D eigenvalue weighted by atomic mass is 9.92. The summed E-state index contributed by atoms with van der Waals surface area (Å²) >= 11 is 0. The molecule has 0 bridgehead atoms. The minimum absolute atomic E-state index is 0.0620. The maximum atomic E-state index is 12.7. The van der Waals surface area contributed by atoms with Gasteiger partial charge in [-0.2, -0.15) is 0 Å². The van der Waals surface area contributed by atoms with Gasteiger partial charge in [-0.25, -0.2) is 0 Å². The lowest BCUT2D eigenvalue weighted by Crippen LogP contribution is -2.50. The molecular formula is C20H27N3O2. The van der Waals surface area contributed by atoms with Gasteiger partial charge in [0.1, 0.15) is 5.76 Å². The molecule has 2 N–H and O–H groups in total. The summed E-state index contributed by atoms with van der Waals surface area (Å²) in [6, 6.07) is 14.3. The molecule has 25 heavy (non-hydrogen) atoms. The van der Waals surface area contributed by atoms with E-state index < -0.39 is 0 Å². The van der Waals surface area contributed by atoms with Crippen LogP contribution in [0.3, 0.4) is 0 Å². The minimum atomic E-state index is -0.0620. The van der Waals surface area contributed by atoms with Crippen LogP contribution in [-0.2, 0) is 13.1 Å². The standard InChI is InChI=1S/C20H27N3O2/c1-15-13-23(14-16-6-4-3-5-7-16)11-10-18(15)22(2)20(24)19-9-8-17(12-21)25-19/h3-9,15,18H,10-14,21H2,1-2H3. The van der Waals surface area contributed by atoms with Crippen LogP contribution >= 0.6 is 0 Å². The maximum absolute atomic E-state index is 12.7. The van der Waals surface area contributed by atoms with Crippen molar-refractivity contribution >= 4 is 5.91 Å². The third-order valence-electron chi connectivity index (χ3n) is 5.08. The predicted octanol–water partition coefficient (Wildman–Crippen LogP) is 2.72. The molecule has 0 aliphatic carbocycles. The molecule has 0 radical (unpaired) electrons. The largest absolute Gasteiger partial charge is 0.455 e. The van der Waals surface area contributed by atoms with Crippen molar-refractivity contribution in [1.29, 1.82) is 0 Å². The monoisotopic (exact) mass is 341 g/mol. The van der Waals surface area contributed by atoms with Gasteiger partial charge in [-0.15, -0.1) is 0 Å². The molecule has 2 aromatic rings. The van der Waals surface area contributed by atoms with Crippen molar-refractivity contribution in [2.75, 3.05) is 20.1 Å². The van der Waals surface area contributed by atoms with E-state index in [1.165, 1.54) is 5.56 Å². The summed E-state index contributed by atoms with van der Waals surface area (Å²) in [5, 5.41) is 0. The number of nitrogens with two attached hydrogens (primary N) is 1. The van der Waals surface area contributed by atoms with Gasteiger partial charge in [-0.1, -0.05) is 37.3 Å². The molecule has 2 unspecified atom stereocenters. The first-order valence-corrected chi connectivity index (χ1v) is 8.90. The van der Waals surface area contributed by atoms with Crippen molar-refractivity contribution in [2.24, 2.45) is 11.7 Å². The highest BCUT2D eigenvalue weighted by Gasteiger charge is 2.32. The van der Waals surface area contributed by atoms with Crippen molar-refractivity contribution in [1.82, 2.24) is 9.80 Å². The number of nitrogens with zero attached hydrogens (tertiary/aromatic N) is 2. The van der Waals surface area contributed by atoms with Crippen LogP contribution in [0.1, 0.15) is 35.2 Å². The zero-order valence-electron chi connectivity index (χ0n) is 15.0. The summed E-state index contributed by atoms with van der Waals surface area (Å²) in [4.78, 5) is 17.0. The maximum Gasteiger partial charge on any atom is 0.289 e. The molecule has 1 aromatic carbocycles. The van der Waals surface area contributed by atoms with Crippen LogP contribution in [0.2, 0.25) is 0 Å². The van der Waals surface area contributed by atoms with E-state index >= 15 is 0 Å². The molecule has 0 spiro atoms. The summed E-state index contributed by atoms with van der Waals surface area (Å²) < 4.78 is 5.52. The van der Waals surface area contributed by atoms with E-state index in [9.17, 15) is 4.79 Å². The summed E-state index contributed by atoms with van der Waals surface area (Å²) in [5.41, 5.74) is 6.89. The Morgan fingerprint density at radius 2 is 2.04 bits per heavy atom. The van der Waals surface area contributed by atoms with Crippen LogP contribution in [0.25, 0.3) is 0 Å². The Balaban J connectivity index is 1.59. The number of carbonyl (C=O) groups excluding carboxylic acids is 1. The first-order valence-electron chi connectivity index (χ1n) is 8.90. The average Bonchev–Trinajstić information content (AvgIpc) is 3.11. The smallest absolute Gasteiger partial charge is 0.289 e. The first-order chi connectivity index (χ1) is 12.1. The summed E-state index contributed by atoms with van der Waals surface area (Å²) in [5.74, 6) is 1.37. The van der Waals surface area contributed by atoms with Gasteiger partial charge in [0.15, 0.2) is 5.76 Å². The van der Waals surface area contributed by atoms with Crippen LogP contribution in [-0.4, -0.2) is 41.9 Å². The number of likely N-dealkylation sites (tertiary alicyclic amines) is 1. The molecule has 134 valence electrons. The minimum Gasteiger partial charge on any atom is -0.455 e. The third-order valence-corrected chi connectivity index (χ3v) is 5.08. The van der Waals surface area contributed by atoms with Crippen molar-refractivity contribution in [3.63, 3.8) is 0 Å². The molecule has 2 heterocycles. The summed E-state index contributed by atoms with van der Waals surface area (Å²) in [7, 11) is 1.88. The molecule has 1 aliphatic rings. The predicted molar refractivity (Wildman–Crippen MR) is 98.0 cm³/mol. The Bertz CT molecular complexity index is 698. The number of rotatable bonds is 5. The van der Waals surface area contributed by atoms with E-state index in [2.05, 4.69) is 36.1 Å². The van der Waals surface area contributed by atoms with Gasteiger partial charge in [0, 0.05) is 32.7 Å². The van der Waals surface area contributed by atoms with Gasteiger partial charge in [0.25, 0.3) is 5.91 Å². The van der Waals surface area contributed by atoms with Crippen molar-refractivity contribution in [3.8, 4) is 0 Å². The molecule has 1 aromatic heterocycles. The Kier molecular flexibility index (Phi) is 5.56. The topological polar surface area (TPSA) is 62.7 Å². The van der Waals surface area contributed by atoms with Crippen LogP contribution < -0.4 is 5.73 Å². The van der Waals surface area contributed by atoms with E-state index in [4.69, 9.17) is 10.2 Å². The number of amides is 1. The number of carbonyl (C=O) groups is 1. The van der Waals surface area contributed by atoms with Gasteiger partial charge in [-0.3, -0.25) is 9.69 Å². The van der Waals surface area contributed by atoms with Gasteiger partial charge >= 0.3 is 0 Å². The van der Waals surface area contributed by atoms with Crippen LogP contribution in [0.15, 0.2) is 46.9 Å². The number of hydrogen-bond donors (Lipinski definition) is 1. The highest BCUT2D eigenvalue weighted by molar-refractivity contribution is 5.91. The SMILES string of the molecule is CC1CN(Cc2ccccc2)CCC1N(C)C(=O)c1ccc(CN)o1. The van der Waals surface area contributed by atoms with E-state index in [0.29, 0.717) is 24.0 Å². The molecule has 5 nitrogen and oxygen atoms in total. The van der Waals surface area contributed by atoms with Gasteiger partial charge in [0.2, 0.25) is 0 Å².